The van der Waals surface area contributed by atoms with Crippen LogP contribution in [0, 0.1) is 0 Å². The minimum Gasteiger partial charge on any atom is -0.478 e. The number of hydrogen-bond acceptors (Lipinski definition) is 2. The molecule has 0 radical (unpaired) electrons. The van der Waals surface area contributed by atoms with Crippen molar-refractivity contribution in [2.24, 2.45) is 0 Å². The van der Waals surface area contributed by atoms with Crippen molar-refractivity contribution < 1.29 is 24.2 Å². The second kappa shape index (κ2) is 13.9. The first-order valence-corrected chi connectivity index (χ1v) is 6.46. The number of aliphatic carboxylic acids is 2. The molecule has 0 amide bonds. The van der Waals surface area contributed by atoms with Crippen LogP contribution in [0.4, 0.5) is 4.39 Å². The molecule has 5 heteroatoms. The van der Waals surface area contributed by atoms with E-state index in [4.69, 9.17) is 10.2 Å². The molecule has 0 aromatic heterocycles. The van der Waals surface area contributed by atoms with Gasteiger partial charge < -0.3 is 10.2 Å². The first-order chi connectivity index (χ1) is 8.30. The van der Waals surface area contributed by atoms with E-state index in [0.717, 1.165) is 0 Å². The van der Waals surface area contributed by atoms with Crippen LogP contribution in [0.3, 0.4) is 0 Å². The first-order valence-electron chi connectivity index (χ1n) is 6.46. The third kappa shape index (κ3) is 12.9. The van der Waals surface area contributed by atoms with Crippen LogP contribution in [-0.2, 0) is 9.59 Å². The molecule has 0 heterocycles. The van der Waals surface area contributed by atoms with Crippen LogP contribution < -0.4 is 0 Å². The van der Waals surface area contributed by atoms with Gasteiger partial charge in [0.15, 0.2) is 0 Å². The molecule has 4 nitrogen and oxygen atoms in total. The van der Waals surface area contributed by atoms with Crippen LogP contribution in [0.5, 0.6) is 0 Å². The van der Waals surface area contributed by atoms with Crippen molar-refractivity contribution in [1.29, 1.82) is 0 Å². The van der Waals surface area contributed by atoms with E-state index >= 15 is 0 Å². The van der Waals surface area contributed by atoms with Gasteiger partial charge in [0.2, 0.25) is 0 Å². The fourth-order valence-corrected chi connectivity index (χ4v) is 0.768. The Morgan fingerprint density at radius 2 is 1.22 bits per heavy atom. The number of rotatable bonds is 6. The molecule has 0 saturated carbocycles. The van der Waals surface area contributed by atoms with Crippen molar-refractivity contribution in [2.75, 3.05) is 0 Å². The SMILES string of the molecule is CC.CC(F)(C(=O)O)C(=O)O.CCCCCCC. The molecule has 2 N–H and O–H groups in total. The lowest BCUT2D eigenvalue weighted by molar-refractivity contribution is -0.165. The Kier molecular flexibility index (Phi) is 17.1. The van der Waals surface area contributed by atoms with E-state index in [1.54, 1.807) is 0 Å². The van der Waals surface area contributed by atoms with Gasteiger partial charge in [-0.25, -0.2) is 14.0 Å². The minimum absolute atomic E-state index is 0.470. The molecule has 0 bridgehead atoms. The summed E-state index contributed by atoms with van der Waals surface area (Å²) in [5.74, 6) is -3.98. The highest BCUT2D eigenvalue weighted by atomic mass is 19.1. The van der Waals surface area contributed by atoms with Gasteiger partial charge >= 0.3 is 11.9 Å². The summed E-state index contributed by atoms with van der Waals surface area (Å²) in [6.07, 6.45) is 7.01. The van der Waals surface area contributed by atoms with Gasteiger partial charge in [-0.1, -0.05) is 59.8 Å². The second-order valence-electron chi connectivity index (χ2n) is 3.67. The number of carboxylic acids is 2. The first kappa shape index (κ1) is 22.1. The Hall–Kier alpha value is -1.13. The highest BCUT2D eigenvalue weighted by Gasteiger charge is 2.41. The molecular weight excluding hydrogens is 239 g/mol. The fraction of sp³-hybridized carbons (Fsp3) is 0.846. The van der Waals surface area contributed by atoms with Crippen molar-refractivity contribution in [2.45, 2.75) is 72.4 Å². The van der Waals surface area contributed by atoms with Crippen molar-refractivity contribution in [1.82, 2.24) is 0 Å². The number of alkyl halides is 1. The summed E-state index contributed by atoms with van der Waals surface area (Å²) in [4.78, 5) is 19.4. The van der Waals surface area contributed by atoms with E-state index in [-0.39, 0.29) is 0 Å². The second-order valence-corrected chi connectivity index (χ2v) is 3.67. The number of unbranched alkanes of at least 4 members (excludes halogenated alkanes) is 4. The Balaban J connectivity index is -0.000000225. The summed E-state index contributed by atoms with van der Waals surface area (Å²) < 4.78 is 12.1. The Labute approximate surface area is 109 Å². The average Bonchev–Trinajstić information content (AvgIpc) is 2.33. The standard InChI is InChI=1S/C7H16.C4H5FO4.C2H6/c1-3-5-7-6-4-2;1-4(5,2(6)7)3(8)9;1-2/h3-7H2,1-2H3;1H3,(H,6,7)(H,8,9);1-2H3. The zero-order valence-electron chi connectivity index (χ0n) is 12.1. The van der Waals surface area contributed by atoms with Gasteiger partial charge in [0, 0.05) is 0 Å². The smallest absolute Gasteiger partial charge is 0.353 e. The van der Waals surface area contributed by atoms with Gasteiger partial charge in [-0.15, -0.1) is 0 Å². The van der Waals surface area contributed by atoms with E-state index in [9.17, 15) is 14.0 Å². The molecule has 0 unspecified atom stereocenters. The van der Waals surface area contributed by atoms with Gasteiger partial charge in [-0.2, -0.15) is 0 Å². The normalized spacial score (nSPS) is 9.44. The van der Waals surface area contributed by atoms with Crippen molar-refractivity contribution >= 4 is 11.9 Å². The number of halogens is 1. The topological polar surface area (TPSA) is 74.6 Å². The molecule has 0 atom stereocenters. The lowest BCUT2D eigenvalue weighted by Gasteiger charge is -2.06. The molecule has 0 aromatic carbocycles. The van der Waals surface area contributed by atoms with E-state index in [1.165, 1.54) is 32.1 Å². The Morgan fingerprint density at radius 1 is 0.944 bits per heavy atom. The van der Waals surface area contributed by atoms with Crippen LogP contribution in [-0.4, -0.2) is 27.8 Å². The van der Waals surface area contributed by atoms with Crippen molar-refractivity contribution in [3.8, 4) is 0 Å². The summed E-state index contributed by atoms with van der Waals surface area (Å²) in [6.45, 7) is 8.96. The predicted molar refractivity (Wildman–Crippen MR) is 70.6 cm³/mol. The molecule has 0 aromatic rings. The van der Waals surface area contributed by atoms with Crippen LogP contribution in [0.1, 0.15) is 66.7 Å². The quantitative estimate of drug-likeness (QED) is 0.565. The van der Waals surface area contributed by atoms with Gasteiger partial charge in [0.1, 0.15) is 0 Å². The molecule has 110 valence electrons. The molecule has 18 heavy (non-hydrogen) atoms. The third-order valence-corrected chi connectivity index (χ3v) is 2.01. The maximum atomic E-state index is 12.1. The zero-order chi connectivity index (χ0) is 15.2. The van der Waals surface area contributed by atoms with Gasteiger partial charge in [0.25, 0.3) is 5.67 Å². The molecule has 0 aliphatic rings. The van der Waals surface area contributed by atoms with E-state index in [0.29, 0.717) is 6.92 Å². The van der Waals surface area contributed by atoms with Crippen molar-refractivity contribution in [3.63, 3.8) is 0 Å². The van der Waals surface area contributed by atoms with Crippen molar-refractivity contribution in [3.05, 3.63) is 0 Å². The summed E-state index contributed by atoms with van der Waals surface area (Å²) >= 11 is 0. The predicted octanol–water partition coefficient (Wildman–Crippen LogP) is 3.89. The van der Waals surface area contributed by atoms with Crippen LogP contribution in [0.2, 0.25) is 0 Å². The summed E-state index contributed by atoms with van der Waals surface area (Å²) in [7, 11) is 0. The highest BCUT2D eigenvalue weighted by molar-refractivity contribution is 6.00. The van der Waals surface area contributed by atoms with Gasteiger partial charge in [0.05, 0.1) is 0 Å². The molecular formula is C13H27FO4. The molecule has 0 aliphatic heterocycles. The molecule has 0 saturated heterocycles. The van der Waals surface area contributed by atoms with Gasteiger partial charge in [-0.05, 0) is 6.92 Å². The van der Waals surface area contributed by atoms with Crippen LogP contribution in [0.25, 0.3) is 0 Å². The number of carbonyl (C=O) groups is 2. The zero-order valence-corrected chi connectivity index (χ0v) is 12.1. The average molecular weight is 266 g/mol. The van der Waals surface area contributed by atoms with Crippen LogP contribution in [0.15, 0.2) is 0 Å². The number of carboxylic acid groups (broad SMARTS) is 2. The summed E-state index contributed by atoms with van der Waals surface area (Å²) in [6, 6.07) is 0. The lowest BCUT2D eigenvalue weighted by atomic mass is 10.1. The number of hydrogen-bond donors (Lipinski definition) is 2. The molecule has 0 fully saturated rings. The van der Waals surface area contributed by atoms with E-state index in [2.05, 4.69) is 13.8 Å². The fourth-order valence-electron chi connectivity index (χ4n) is 0.768. The van der Waals surface area contributed by atoms with E-state index in [1.807, 2.05) is 13.8 Å². The Bertz CT molecular complexity index is 195. The largest absolute Gasteiger partial charge is 0.478 e. The molecule has 0 spiro atoms. The van der Waals surface area contributed by atoms with Crippen LogP contribution >= 0.6 is 0 Å². The maximum absolute atomic E-state index is 12.1. The molecule has 0 aliphatic carbocycles. The third-order valence-electron chi connectivity index (χ3n) is 2.01. The Morgan fingerprint density at radius 3 is 1.33 bits per heavy atom. The summed E-state index contributed by atoms with van der Waals surface area (Å²) in [5, 5.41) is 15.7. The summed E-state index contributed by atoms with van der Waals surface area (Å²) in [5.41, 5.74) is -3.17. The lowest BCUT2D eigenvalue weighted by Crippen LogP contribution is -2.38. The van der Waals surface area contributed by atoms with Gasteiger partial charge in [-0.3, -0.25) is 0 Å². The maximum Gasteiger partial charge on any atom is 0.353 e. The monoisotopic (exact) mass is 266 g/mol. The molecule has 0 rings (SSSR count). The minimum atomic E-state index is -3.17. The van der Waals surface area contributed by atoms with E-state index < -0.39 is 17.6 Å². The highest BCUT2D eigenvalue weighted by Crippen LogP contribution is 2.08.